The van der Waals surface area contributed by atoms with E-state index < -0.39 is 10.8 Å². The van der Waals surface area contributed by atoms with Gasteiger partial charge in [-0.15, -0.1) is 0 Å². The van der Waals surface area contributed by atoms with Crippen LogP contribution in [0.25, 0.3) is 11.0 Å². The molecule has 5 heteroatoms. The number of ether oxygens (including phenoxy) is 1. The SMILES string of the molecule is COc1cccc2cc(CNCCS(=O)c3ccccc3)oc12. The molecule has 0 aliphatic rings. The lowest BCUT2D eigenvalue weighted by molar-refractivity contribution is 0.406. The smallest absolute Gasteiger partial charge is 0.176 e. The Morgan fingerprint density at radius 3 is 2.74 bits per heavy atom. The van der Waals surface area contributed by atoms with Gasteiger partial charge in [0.25, 0.3) is 0 Å². The van der Waals surface area contributed by atoms with Crippen LogP contribution in [0.1, 0.15) is 5.76 Å². The van der Waals surface area contributed by atoms with Crippen LogP contribution in [0.5, 0.6) is 5.75 Å². The molecule has 0 aliphatic carbocycles. The van der Waals surface area contributed by atoms with Gasteiger partial charge in [0.1, 0.15) is 5.76 Å². The predicted molar refractivity (Wildman–Crippen MR) is 92.2 cm³/mol. The molecule has 4 nitrogen and oxygen atoms in total. The van der Waals surface area contributed by atoms with Gasteiger partial charge in [0, 0.05) is 22.6 Å². The van der Waals surface area contributed by atoms with Gasteiger partial charge in [-0.3, -0.25) is 4.21 Å². The highest BCUT2D eigenvalue weighted by Gasteiger charge is 2.08. The van der Waals surface area contributed by atoms with Crippen LogP contribution in [0.4, 0.5) is 0 Å². The number of hydrogen-bond donors (Lipinski definition) is 1. The Morgan fingerprint density at radius 2 is 1.96 bits per heavy atom. The number of hydrogen-bond acceptors (Lipinski definition) is 4. The van der Waals surface area contributed by atoms with Crippen LogP contribution in [-0.2, 0) is 17.3 Å². The number of para-hydroxylation sites is 1. The molecule has 0 bridgehead atoms. The number of rotatable bonds is 7. The minimum Gasteiger partial charge on any atom is -0.493 e. The van der Waals surface area contributed by atoms with Crippen molar-refractivity contribution < 1.29 is 13.4 Å². The number of nitrogens with one attached hydrogen (secondary N) is 1. The Hall–Kier alpha value is -2.11. The topological polar surface area (TPSA) is 51.5 Å². The lowest BCUT2D eigenvalue weighted by Gasteiger charge is -2.03. The van der Waals surface area contributed by atoms with E-state index in [1.807, 2.05) is 54.6 Å². The summed E-state index contributed by atoms with van der Waals surface area (Å²) >= 11 is 0. The van der Waals surface area contributed by atoms with E-state index in [4.69, 9.17) is 9.15 Å². The summed E-state index contributed by atoms with van der Waals surface area (Å²) in [6.45, 7) is 1.26. The minimum atomic E-state index is -0.974. The minimum absolute atomic E-state index is 0.577. The highest BCUT2D eigenvalue weighted by molar-refractivity contribution is 7.85. The van der Waals surface area contributed by atoms with Crippen LogP contribution in [0.2, 0.25) is 0 Å². The third-order valence-electron chi connectivity index (χ3n) is 3.55. The van der Waals surface area contributed by atoms with Crippen LogP contribution in [0.15, 0.2) is 63.9 Å². The van der Waals surface area contributed by atoms with Gasteiger partial charge in [-0.05, 0) is 24.3 Å². The standard InChI is InChI=1S/C18H19NO3S/c1-21-17-9-5-6-14-12-15(22-18(14)17)13-19-10-11-23(20)16-7-3-2-4-8-16/h2-9,12,19H,10-11,13H2,1H3. The molecule has 1 aromatic heterocycles. The molecule has 1 heterocycles. The molecule has 2 aromatic carbocycles. The molecular weight excluding hydrogens is 310 g/mol. The molecule has 0 spiro atoms. The number of benzene rings is 2. The average molecular weight is 329 g/mol. The maximum Gasteiger partial charge on any atom is 0.176 e. The van der Waals surface area contributed by atoms with Gasteiger partial charge in [-0.25, -0.2) is 0 Å². The Morgan fingerprint density at radius 1 is 1.13 bits per heavy atom. The van der Waals surface area contributed by atoms with E-state index in [9.17, 15) is 4.21 Å². The maximum atomic E-state index is 12.1. The number of fused-ring (bicyclic) bond motifs is 1. The highest BCUT2D eigenvalue weighted by atomic mass is 32.2. The maximum absolute atomic E-state index is 12.1. The molecule has 3 rings (SSSR count). The third-order valence-corrected chi connectivity index (χ3v) is 4.92. The molecule has 1 N–H and O–H groups in total. The van der Waals surface area contributed by atoms with Crippen molar-refractivity contribution in [1.82, 2.24) is 5.32 Å². The van der Waals surface area contributed by atoms with Crippen molar-refractivity contribution in [1.29, 1.82) is 0 Å². The molecular formula is C18H19NO3S. The summed E-state index contributed by atoms with van der Waals surface area (Å²) in [6, 6.07) is 17.3. The first-order chi connectivity index (χ1) is 11.3. The second-order valence-electron chi connectivity index (χ2n) is 5.13. The summed E-state index contributed by atoms with van der Waals surface area (Å²) in [5, 5.41) is 4.30. The first-order valence-corrected chi connectivity index (χ1v) is 8.79. The fourth-order valence-corrected chi connectivity index (χ4v) is 3.43. The van der Waals surface area contributed by atoms with Crippen molar-refractivity contribution in [3.05, 3.63) is 60.4 Å². The van der Waals surface area contributed by atoms with Gasteiger partial charge in [-0.1, -0.05) is 30.3 Å². The second kappa shape index (κ2) is 7.44. The first kappa shape index (κ1) is 15.8. The van der Waals surface area contributed by atoms with Crippen LogP contribution in [-0.4, -0.2) is 23.6 Å². The van der Waals surface area contributed by atoms with E-state index >= 15 is 0 Å². The Kier molecular flexibility index (Phi) is 5.10. The molecule has 0 amide bonds. The van der Waals surface area contributed by atoms with E-state index in [0.717, 1.165) is 27.4 Å². The van der Waals surface area contributed by atoms with Crippen molar-refractivity contribution in [3.63, 3.8) is 0 Å². The van der Waals surface area contributed by atoms with Gasteiger partial charge >= 0.3 is 0 Å². The molecule has 1 atom stereocenters. The lowest BCUT2D eigenvalue weighted by Crippen LogP contribution is -2.19. The monoisotopic (exact) mass is 329 g/mol. The molecule has 0 saturated carbocycles. The summed E-state index contributed by atoms with van der Waals surface area (Å²) in [5.74, 6) is 2.15. The Labute approximate surface area is 137 Å². The lowest BCUT2D eigenvalue weighted by atomic mass is 10.2. The Bertz CT molecular complexity index is 798. The highest BCUT2D eigenvalue weighted by Crippen LogP contribution is 2.28. The van der Waals surface area contributed by atoms with Crippen LogP contribution < -0.4 is 10.1 Å². The summed E-state index contributed by atoms with van der Waals surface area (Å²) < 4.78 is 23.2. The van der Waals surface area contributed by atoms with Crippen molar-refractivity contribution in [2.45, 2.75) is 11.4 Å². The fraction of sp³-hybridized carbons (Fsp3) is 0.222. The van der Waals surface area contributed by atoms with Crippen LogP contribution in [0, 0.1) is 0 Å². The van der Waals surface area contributed by atoms with Gasteiger partial charge in [0.05, 0.1) is 24.5 Å². The molecule has 120 valence electrons. The summed E-state index contributed by atoms with van der Waals surface area (Å²) in [7, 11) is 0.659. The zero-order chi connectivity index (χ0) is 16.1. The summed E-state index contributed by atoms with van der Waals surface area (Å²) in [6.07, 6.45) is 0. The van der Waals surface area contributed by atoms with Crippen molar-refractivity contribution >= 4 is 21.8 Å². The summed E-state index contributed by atoms with van der Waals surface area (Å²) in [4.78, 5) is 0.864. The average Bonchev–Trinajstić information content (AvgIpc) is 3.02. The van der Waals surface area contributed by atoms with E-state index in [2.05, 4.69) is 5.32 Å². The number of methoxy groups -OCH3 is 1. The van der Waals surface area contributed by atoms with Crippen LogP contribution in [0.3, 0.4) is 0 Å². The molecule has 0 fully saturated rings. The first-order valence-electron chi connectivity index (χ1n) is 7.47. The largest absolute Gasteiger partial charge is 0.493 e. The quantitative estimate of drug-likeness (QED) is 0.676. The zero-order valence-electron chi connectivity index (χ0n) is 13.0. The Balaban J connectivity index is 1.54. The van der Waals surface area contributed by atoms with Crippen LogP contribution >= 0.6 is 0 Å². The van der Waals surface area contributed by atoms with E-state index in [-0.39, 0.29) is 0 Å². The van der Waals surface area contributed by atoms with Crippen molar-refractivity contribution in [2.24, 2.45) is 0 Å². The van der Waals surface area contributed by atoms with Gasteiger partial charge in [0.2, 0.25) is 0 Å². The zero-order valence-corrected chi connectivity index (χ0v) is 13.8. The molecule has 0 radical (unpaired) electrons. The molecule has 3 aromatic rings. The van der Waals surface area contributed by atoms with E-state index in [0.29, 0.717) is 18.8 Å². The fourth-order valence-electron chi connectivity index (χ4n) is 2.40. The second-order valence-corrected chi connectivity index (χ2v) is 6.70. The predicted octanol–water partition coefficient (Wildman–Crippen LogP) is 3.34. The van der Waals surface area contributed by atoms with Crippen molar-refractivity contribution in [2.75, 3.05) is 19.4 Å². The normalized spacial score (nSPS) is 12.4. The molecule has 1 unspecified atom stereocenters. The van der Waals surface area contributed by atoms with Gasteiger partial charge < -0.3 is 14.5 Å². The molecule has 0 saturated heterocycles. The molecule has 23 heavy (non-hydrogen) atoms. The van der Waals surface area contributed by atoms with E-state index in [1.165, 1.54) is 0 Å². The van der Waals surface area contributed by atoms with Gasteiger partial charge in [-0.2, -0.15) is 0 Å². The number of furan rings is 1. The van der Waals surface area contributed by atoms with E-state index in [1.54, 1.807) is 7.11 Å². The summed E-state index contributed by atoms with van der Waals surface area (Å²) in [5.41, 5.74) is 0.764. The van der Waals surface area contributed by atoms with Gasteiger partial charge in [0.15, 0.2) is 11.3 Å². The van der Waals surface area contributed by atoms with Crippen molar-refractivity contribution in [3.8, 4) is 5.75 Å². The third kappa shape index (κ3) is 3.81. The molecule has 0 aliphatic heterocycles.